The van der Waals surface area contributed by atoms with Gasteiger partial charge in [-0.3, -0.25) is 9.69 Å². The van der Waals surface area contributed by atoms with Crippen molar-refractivity contribution in [2.45, 2.75) is 39.2 Å². The highest BCUT2D eigenvalue weighted by atomic mass is 16.2. The van der Waals surface area contributed by atoms with Crippen molar-refractivity contribution in [2.75, 3.05) is 39.3 Å². The molecule has 0 aromatic carbocycles. The third-order valence-electron chi connectivity index (χ3n) is 3.71. The molecule has 1 amide bonds. The highest BCUT2D eigenvalue weighted by Crippen LogP contribution is 2.29. The standard InChI is InChI=1S/C14H27N3O/c1-14(2,3)15-10-13(18)17-8-6-16(7-9-17)11-12-4-5-12/h12,15H,4-11H2,1-3H3. The Morgan fingerprint density at radius 2 is 1.78 bits per heavy atom. The second-order valence-electron chi connectivity index (χ2n) is 6.73. The van der Waals surface area contributed by atoms with E-state index >= 15 is 0 Å². The highest BCUT2D eigenvalue weighted by Gasteiger charge is 2.27. The predicted molar refractivity (Wildman–Crippen MR) is 73.5 cm³/mol. The molecule has 0 radical (unpaired) electrons. The van der Waals surface area contributed by atoms with E-state index in [1.165, 1.54) is 19.4 Å². The number of hydrogen-bond acceptors (Lipinski definition) is 3. The smallest absolute Gasteiger partial charge is 0.236 e. The Morgan fingerprint density at radius 3 is 2.28 bits per heavy atom. The van der Waals surface area contributed by atoms with E-state index in [-0.39, 0.29) is 11.4 Å². The van der Waals surface area contributed by atoms with Gasteiger partial charge in [-0.2, -0.15) is 0 Å². The van der Waals surface area contributed by atoms with Crippen LogP contribution in [0, 0.1) is 5.92 Å². The van der Waals surface area contributed by atoms with Gasteiger partial charge in [-0.15, -0.1) is 0 Å². The molecule has 2 fully saturated rings. The van der Waals surface area contributed by atoms with E-state index in [1.54, 1.807) is 0 Å². The summed E-state index contributed by atoms with van der Waals surface area (Å²) in [5, 5.41) is 3.27. The molecule has 0 aromatic rings. The second-order valence-corrected chi connectivity index (χ2v) is 6.73. The summed E-state index contributed by atoms with van der Waals surface area (Å²) in [7, 11) is 0. The Labute approximate surface area is 111 Å². The van der Waals surface area contributed by atoms with Gasteiger partial charge in [0, 0.05) is 38.3 Å². The molecule has 18 heavy (non-hydrogen) atoms. The molecule has 1 aliphatic carbocycles. The molecule has 0 bridgehead atoms. The van der Waals surface area contributed by atoms with E-state index < -0.39 is 0 Å². The summed E-state index contributed by atoms with van der Waals surface area (Å²) in [6.07, 6.45) is 2.82. The zero-order valence-corrected chi connectivity index (χ0v) is 12.0. The number of rotatable bonds is 4. The molecule has 0 atom stereocenters. The number of hydrogen-bond donors (Lipinski definition) is 1. The molecule has 1 heterocycles. The molecule has 0 unspecified atom stereocenters. The molecule has 1 saturated heterocycles. The Bertz CT molecular complexity index is 286. The molecule has 0 aromatic heterocycles. The van der Waals surface area contributed by atoms with Gasteiger partial charge in [0.1, 0.15) is 0 Å². The Hall–Kier alpha value is -0.610. The van der Waals surface area contributed by atoms with Crippen molar-refractivity contribution in [1.29, 1.82) is 0 Å². The lowest BCUT2D eigenvalue weighted by atomic mass is 10.1. The van der Waals surface area contributed by atoms with Gasteiger partial charge >= 0.3 is 0 Å². The van der Waals surface area contributed by atoms with Crippen LogP contribution in [0.1, 0.15) is 33.6 Å². The lowest BCUT2D eigenvalue weighted by Crippen LogP contribution is -2.52. The van der Waals surface area contributed by atoms with Gasteiger partial charge in [0.25, 0.3) is 0 Å². The average Bonchev–Trinajstić information content (AvgIpc) is 3.10. The number of nitrogens with one attached hydrogen (secondary N) is 1. The maximum atomic E-state index is 12.0. The van der Waals surface area contributed by atoms with Gasteiger partial charge in [-0.25, -0.2) is 0 Å². The summed E-state index contributed by atoms with van der Waals surface area (Å²) in [4.78, 5) is 16.5. The first-order valence-corrected chi connectivity index (χ1v) is 7.19. The minimum atomic E-state index is 0.0173. The van der Waals surface area contributed by atoms with Gasteiger partial charge in [-0.05, 0) is 39.5 Å². The quantitative estimate of drug-likeness (QED) is 0.809. The lowest BCUT2D eigenvalue weighted by molar-refractivity contribution is -0.132. The first kappa shape index (κ1) is 13.8. The van der Waals surface area contributed by atoms with Crippen LogP contribution in [0.3, 0.4) is 0 Å². The summed E-state index contributed by atoms with van der Waals surface area (Å²) >= 11 is 0. The Morgan fingerprint density at radius 1 is 1.17 bits per heavy atom. The summed E-state index contributed by atoms with van der Waals surface area (Å²) in [6, 6.07) is 0. The number of piperazine rings is 1. The van der Waals surface area contributed by atoms with Crippen LogP contribution in [0.5, 0.6) is 0 Å². The first-order chi connectivity index (χ1) is 8.44. The molecule has 104 valence electrons. The van der Waals surface area contributed by atoms with E-state index in [0.29, 0.717) is 6.54 Å². The number of carbonyl (C=O) groups excluding carboxylic acids is 1. The van der Waals surface area contributed by atoms with Gasteiger partial charge < -0.3 is 10.2 Å². The summed E-state index contributed by atoms with van der Waals surface area (Å²) < 4.78 is 0. The third-order valence-corrected chi connectivity index (χ3v) is 3.71. The summed E-state index contributed by atoms with van der Waals surface area (Å²) in [5.74, 6) is 1.20. The molecule has 1 saturated carbocycles. The molecule has 1 aliphatic heterocycles. The van der Waals surface area contributed by atoms with Crippen LogP contribution in [0.25, 0.3) is 0 Å². The van der Waals surface area contributed by atoms with Crippen molar-refractivity contribution >= 4 is 5.91 Å². The molecule has 4 heteroatoms. The Kier molecular flexibility index (Phi) is 4.28. The van der Waals surface area contributed by atoms with E-state index in [2.05, 4.69) is 31.0 Å². The maximum Gasteiger partial charge on any atom is 0.236 e. The van der Waals surface area contributed by atoms with Crippen molar-refractivity contribution in [3.05, 3.63) is 0 Å². The zero-order valence-electron chi connectivity index (χ0n) is 12.0. The van der Waals surface area contributed by atoms with Crippen molar-refractivity contribution in [2.24, 2.45) is 5.92 Å². The fraction of sp³-hybridized carbons (Fsp3) is 0.929. The van der Waals surface area contributed by atoms with Crippen LogP contribution < -0.4 is 5.32 Å². The van der Waals surface area contributed by atoms with Crippen LogP contribution in [-0.4, -0.2) is 60.5 Å². The van der Waals surface area contributed by atoms with E-state index in [1.807, 2.05) is 4.90 Å². The van der Waals surface area contributed by atoms with Gasteiger partial charge in [-0.1, -0.05) is 0 Å². The number of nitrogens with zero attached hydrogens (tertiary/aromatic N) is 2. The summed E-state index contributed by atoms with van der Waals surface area (Å²) in [6.45, 7) is 11.9. The largest absolute Gasteiger partial charge is 0.339 e. The molecule has 2 rings (SSSR count). The molecular formula is C14H27N3O. The van der Waals surface area contributed by atoms with Crippen LogP contribution in [0.4, 0.5) is 0 Å². The molecular weight excluding hydrogens is 226 g/mol. The lowest BCUT2D eigenvalue weighted by Gasteiger charge is -2.35. The van der Waals surface area contributed by atoms with E-state index in [0.717, 1.165) is 32.1 Å². The summed E-state index contributed by atoms with van der Waals surface area (Å²) in [5.41, 5.74) is 0.0173. The topological polar surface area (TPSA) is 35.6 Å². The molecule has 0 spiro atoms. The molecule has 4 nitrogen and oxygen atoms in total. The van der Waals surface area contributed by atoms with Crippen molar-refractivity contribution in [3.8, 4) is 0 Å². The average molecular weight is 253 g/mol. The minimum absolute atomic E-state index is 0.0173. The zero-order chi connectivity index (χ0) is 13.2. The van der Waals surface area contributed by atoms with Gasteiger partial charge in [0.2, 0.25) is 5.91 Å². The third kappa shape index (κ3) is 4.58. The highest BCUT2D eigenvalue weighted by molar-refractivity contribution is 5.78. The van der Waals surface area contributed by atoms with E-state index in [9.17, 15) is 4.79 Å². The SMILES string of the molecule is CC(C)(C)NCC(=O)N1CCN(CC2CC2)CC1. The normalized spacial score (nSPS) is 22.3. The molecule has 2 aliphatic rings. The number of amides is 1. The maximum absolute atomic E-state index is 12.0. The molecule has 1 N–H and O–H groups in total. The van der Waals surface area contributed by atoms with Crippen molar-refractivity contribution < 1.29 is 4.79 Å². The fourth-order valence-corrected chi connectivity index (χ4v) is 2.30. The van der Waals surface area contributed by atoms with Gasteiger partial charge in [0.15, 0.2) is 0 Å². The minimum Gasteiger partial charge on any atom is -0.339 e. The van der Waals surface area contributed by atoms with Crippen LogP contribution >= 0.6 is 0 Å². The van der Waals surface area contributed by atoms with Crippen LogP contribution in [0.2, 0.25) is 0 Å². The van der Waals surface area contributed by atoms with Gasteiger partial charge in [0.05, 0.1) is 6.54 Å². The number of carbonyl (C=O) groups is 1. The monoisotopic (exact) mass is 253 g/mol. The van der Waals surface area contributed by atoms with Crippen LogP contribution in [-0.2, 0) is 4.79 Å². The Balaban J connectivity index is 1.66. The second kappa shape index (κ2) is 5.57. The predicted octanol–water partition coefficient (Wildman–Crippen LogP) is 0.929. The van der Waals surface area contributed by atoms with E-state index in [4.69, 9.17) is 0 Å². The van der Waals surface area contributed by atoms with Crippen molar-refractivity contribution in [3.63, 3.8) is 0 Å². The fourth-order valence-electron chi connectivity index (χ4n) is 2.30. The van der Waals surface area contributed by atoms with Crippen LogP contribution in [0.15, 0.2) is 0 Å². The van der Waals surface area contributed by atoms with Crippen molar-refractivity contribution in [1.82, 2.24) is 15.1 Å². The first-order valence-electron chi connectivity index (χ1n) is 7.19.